The van der Waals surface area contributed by atoms with Gasteiger partial charge in [-0.15, -0.1) is 0 Å². The van der Waals surface area contributed by atoms with Crippen LogP contribution in [0.3, 0.4) is 0 Å². The number of nitrogens with two attached hydrogens (primary N) is 1. The second-order valence-electron chi connectivity index (χ2n) is 5.55. The van der Waals surface area contributed by atoms with Crippen LogP contribution in [0, 0.1) is 11.3 Å². The predicted molar refractivity (Wildman–Crippen MR) is 72.9 cm³/mol. The van der Waals surface area contributed by atoms with Gasteiger partial charge in [0, 0.05) is 19.6 Å². The third-order valence-corrected chi connectivity index (χ3v) is 4.10. The van der Waals surface area contributed by atoms with Crippen molar-refractivity contribution in [3.8, 4) is 0 Å². The maximum atomic E-state index is 12.3. The molecule has 1 heterocycles. The van der Waals surface area contributed by atoms with E-state index in [1.807, 2.05) is 13.8 Å². The lowest BCUT2D eigenvalue weighted by Crippen LogP contribution is -2.47. The summed E-state index contributed by atoms with van der Waals surface area (Å²) >= 11 is 0. The largest absolute Gasteiger partial charge is 0.481 e. The highest BCUT2D eigenvalue weighted by molar-refractivity contribution is 5.84. The van der Waals surface area contributed by atoms with E-state index in [1.165, 1.54) is 9.80 Å². The van der Waals surface area contributed by atoms with Gasteiger partial charge in [-0.1, -0.05) is 13.8 Å². The number of nitrogens with zero attached hydrogens (tertiary/aromatic N) is 2. The third kappa shape index (κ3) is 3.02. The van der Waals surface area contributed by atoms with Crippen molar-refractivity contribution in [1.82, 2.24) is 9.80 Å². The Kier molecular flexibility index (Phi) is 4.97. The molecule has 1 saturated heterocycles. The van der Waals surface area contributed by atoms with Crippen LogP contribution in [0.5, 0.6) is 0 Å². The summed E-state index contributed by atoms with van der Waals surface area (Å²) in [5.41, 5.74) is 4.21. The van der Waals surface area contributed by atoms with Crippen molar-refractivity contribution in [3.63, 3.8) is 0 Å². The molecule has 1 aliphatic rings. The van der Waals surface area contributed by atoms with Crippen molar-refractivity contribution < 1.29 is 19.5 Å². The number of carbonyl (C=O) groups excluding carboxylic acids is 2. The van der Waals surface area contributed by atoms with Crippen LogP contribution in [0.4, 0.5) is 4.79 Å². The Morgan fingerprint density at radius 3 is 2.35 bits per heavy atom. The van der Waals surface area contributed by atoms with Gasteiger partial charge in [0.2, 0.25) is 5.91 Å². The van der Waals surface area contributed by atoms with Crippen LogP contribution in [0.1, 0.15) is 27.2 Å². The number of likely N-dealkylation sites (N-methyl/N-ethyl adjacent to an activating group) is 1. The van der Waals surface area contributed by atoms with E-state index in [0.717, 1.165) is 0 Å². The second-order valence-corrected chi connectivity index (χ2v) is 5.55. The normalized spacial score (nSPS) is 22.1. The van der Waals surface area contributed by atoms with E-state index < -0.39 is 17.3 Å². The molecule has 7 heteroatoms. The number of carboxylic acid groups (broad SMARTS) is 1. The molecule has 1 unspecified atom stereocenters. The Balaban J connectivity index is 2.82. The summed E-state index contributed by atoms with van der Waals surface area (Å²) in [6.45, 7) is 6.23. The average Bonchev–Trinajstić information content (AvgIpc) is 2.81. The summed E-state index contributed by atoms with van der Waals surface area (Å²) in [6.07, 6.45) is 0.430. The smallest absolute Gasteiger partial charge is 0.320 e. The molecule has 20 heavy (non-hydrogen) atoms. The summed E-state index contributed by atoms with van der Waals surface area (Å²) in [7, 11) is 0. The van der Waals surface area contributed by atoms with Gasteiger partial charge in [-0.05, 0) is 19.3 Å². The van der Waals surface area contributed by atoms with E-state index in [9.17, 15) is 19.5 Å². The number of carboxylic acids is 1. The van der Waals surface area contributed by atoms with Gasteiger partial charge in [-0.2, -0.15) is 0 Å². The van der Waals surface area contributed by atoms with Gasteiger partial charge in [0.1, 0.15) is 6.54 Å². The van der Waals surface area contributed by atoms with Gasteiger partial charge in [0.25, 0.3) is 0 Å². The number of carbonyl (C=O) groups is 3. The molecule has 3 N–H and O–H groups in total. The lowest BCUT2D eigenvalue weighted by Gasteiger charge is -2.30. The van der Waals surface area contributed by atoms with Crippen molar-refractivity contribution in [3.05, 3.63) is 0 Å². The molecular weight excluding hydrogens is 262 g/mol. The monoisotopic (exact) mass is 285 g/mol. The zero-order valence-corrected chi connectivity index (χ0v) is 12.3. The van der Waals surface area contributed by atoms with E-state index in [2.05, 4.69) is 0 Å². The SMILES string of the molecule is CCN(CC(N)=O)C(=O)N1CCC(C(=O)O)(C(C)C)C1. The molecule has 1 fully saturated rings. The number of hydrogen-bond acceptors (Lipinski definition) is 3. The van der Waals surface area contributed by atoms with Crippen LogP contribution < -0.4 is 5.73 Å². The molecular formula is C13H23N3O4. The van der Waals surface area contributed by atoms with Gasteiger partial charge in [-0.25, -0.2) is 4.79 Å². The maximum absolute atomic E-state index is 12.3. The molecule has 1 atom stereocenters. The second kappa shape index (κ2) is 6.11. The molecule has 0 radical (unpaired) electrons. The molecule has 0 aromatic heterocycles. The number of amides is 3. The highest BCUT2D eigenvalue weighted by Gasteiger charge is 2.49. The first kappa shape index (κ1) is 16.3. The van der Waals surface area contributed by atoms with Gasteiger partial charge >= 0.3 is 12.0 Å². The molecule has 0 aliphatic carbocycles. The first-order chi connectivity index (χ1) is 9.24. The van der Waals surface area contributed by atoms with Crippen molar-refractivity contribution in [2.45, 2.75) is 27.2 Å². The Morgan fingerprint density at radius 2 is 2.00 bits per heavy atom. The average molecular weight is 285 g/mol. The summed E-state index contributed by atoms with van der Waals surface area (Å²) in [4.78, 5) is 37.6. The fourth-order valence-electron chi connectivity index (χ4n) is 2.59. The quantitative estimate of drug-likeness (QED) is 0.760. The fraction of sp³-hybridized carbons (Fsp3) is 0.769. The summed E-state index contributed by atoms with van der Waals surface area (Å²) in [6, 6.07) is -0.324. The van der Waals surface area contributed by atoms with Crippen molar-refractivity contribution in [2.75, 3.05) is 26.2 Å². The lowest BCUT2D eigenvalue weighted by molar-refractivity contribution is -0.150. The van der Waals surface area contributed by atoms with Gasteiger partial charge in [-0.3, -0.25) is 9.59 Å². The minimum absolute atomic E-state index is 0.0657. The van der Waals surface area contributed by atoms with Gasteiger partial charge < -0.3 is 20.6 Å². The zero-order chi connectivity index (χ0) is 15.5. The van der Waals surface area contributed by atoms with Gasteiger partial charge in [0.15, 0.2) is 0 Å². The number of urea groups is 1. The minimum Gasteiger partial charge on any atom is -0.481 e. The summed E-state index contributed by atoms with van der Waals surface area (Å²) in [5.74, 6) is -1.52. The summed E-state index contributed by atoms with van der Waals surface area (Å²) in [5, 5.41) is 9.45. The van der Waals surface area contributed by atoms with E-state index >= 15 is 0 Å². The number of aliphatic carboxylic acids is 1. The minimum atomic E-state index is -0.901. The van der Waals surface area contributed by atoms with Gasteiger partial charge in [0.05, 0.1) is 5.41 Å². The van der Waals surface area contributed by atoms with E-state index in [4.69, 9.17) is 5.73 Å². The molecule has 3 amide bonds. The molecule has 0 saturated carbocycles. The zero-order valence-electron chi connectivity index (χ0n) is 12.3. The Morgan fingerprint density at radius 1 is 1.40 bits per heavy atom. The number of rotatable bonds is 5. The van der Waals surface area contributed by atoms with Crippen molar-refractivity contribution >= 4 is 17.9 Å². The molecule has 1 aliphatic heterocycles. The Labute approximate surface area is 118 Å². The Hall–Kier alpha value is -1.79. The molecule has 0 aromatic rings. The van der Waals surface area contributed by atoms with Crippen LogP contribution in [-0.4, -0.2) is 59.0 Å². The standard InChI is InChI=1S/C13H23N3O4/c1-4-15(7-10(14)17)12(20)16-6-5-13(8-16,9(2)3)11(18)19/h9H,4-8H2,1-3H3,(H2,14,17)(H,18,19). The molecule has 0 spiro atoms. The van der Waals surface area contributed by atoms with Crippen LogP contribution in [0.25, 0.3) is 0 Å². The van der Waals surface area contributed by atoms with E-state index in [-0.39, 0.29) is 25.0 Å². The number of hydrogen-bond donors (Lipinski definition) is 2. The van der Waals surface area contributed by atoms with Crippen molar-refractivity contribution in [1.29, 1.82) is 0 Å². The molecule has 1 rings (SSSR count). The topological polar surface area (TPSA) is 104 Å². The molecule has 7 nitrogen and oxygen atoms in total. The van der Waals surface area contributed by atoms with Crippen molar-refractivity contribution in [2.24, 2.45) is 17.1 Å². The molecule has 114 valence electrons. The highest BCUT2D eigenvalue weighted by Crippen LogP contribution is 2.38. The van der Waals surface area contributed by atoms with E-state index in [0.29, 0.717) is 19.5 Å². The summed E-state index contributed by atoms with van der Waals surface area (Å²) < 4.78 is 0. The van der Waals surface area contributed by atoms with Crippen LogP contribution >= 0.6 is 0 Å². The molecule has 0 aromatic carbocycles. The maximum Gasteiger partial charge on any atom is 0.320 e. The van der Waals surface area contributed by atoms with E-state index in [1.54, 1.807) is 6.92 Å². The first-order valence-corrected chi connectivity index (χ1v) is 6.80. The fourth-order valence-corrected chi connectivity index (χ4v) is 2.59. The van der Waals surface area contributed by atoms with Crippen LogP contribution in [0.2, 0.25) is 0 Å². The number of likely N-dealkylation sites (tertiary alicyclic amines) is 1. The van der Waals surface area contributed by atoms with Crippen LogP contribution in [-0.2, 0) is 9.59 Å². The third-order valence-electron chi connectivity index (χ3n) is 4.10. The highest BCUT2D eigenvalue weighted by atomic mass is 16.4. The predicted octanol–water partition coefficient (Wildman–Crippen LogP) is 0.346. The lowest BCUT2D eigenvalue weighted by atomic mass is 9.76. The molecule has 0 bridgehead atoms. The Bertz CT molecular complexity index is 410. The van der Waals surface area contributed by atoms with Crippen LogP contribution in [0.15, 0.2) is 0 Å². The number of primary amides is 1. The first-order valence-electron chi connectivity index (χ1n) is 6.80.